The number of fused-ring (bicyclic) bond motifs is 1. The SMILES string of the molecule is CC.CCOc1nc2cnccc2c(=O)[nH]1.C[N-]C.[B].[Y]. The van der Waals surface area contributed by atoms with Crippen LogP contribution in [0.15, 0.2) is 23.3 Å². The first-order valence-corrected chi connectivity index (χ1v) is 6.17. The van der Waals surface area contributed by atoms with E-state index in [4.69, 9.17) is 4.74 Å². The van der Waals surface area contributed by atoms with Crippen LogP contribution in [0.1, 0.15) is 20.8 Å². The first-order valence-electron chi connectivity index (χ1n) is 6.17. The minimum absolute atomic E-state index is 0. The summed E-state index contributed by atoms with van der Waals surface area (Å²) in [5, 5.41) is 4.02. The third-order valence-electron chi connectivity index (χ3n) is 1.77. The maximum Gasteiger partial charge on any atom is 0.297 e. The van der Waals surface area contributed by atoms with E-state index in [1.165, 1.54) is 6.20 Å². The van der Waals surface area contributed by atoms with Crippen LogP contribution in [-0.2, 0) is 32.7 Å². The Morgan fingerprint density at radius 3 is 2.43 bits per heavy atom. The molecule has 0 amide bonds. The summed E-state index contributed by atoms with van der Waals surface area (Å²) < 4.78 is 5.10. The molecule has 2 heterocycles. The van der Waals surface area contributed by atoms with Gasteiger partial charge < -0.3 is 10.1 Å². The first kappa shape index (κ1) is 25.2. The van der Waals surface area contributed by atoms with E-state index < -0.39 is 0 Å². The van der Waals surface area contributed by atoms with Gasteiger partial charge in [-0.15, -0.1) is 0 Å². The van der Waals surface area contributed by atoms with Crippen molar-refractivity contribution in [3.05, 3.63) is 34.1 Å². The quantitative estimate of drug-likeness (QED) is 0.826. The molecule has 0 aliphatic rings. The molecule has 2 aromatic heterocycles. The Morgan fingerprint density at radius 1 is 1.33 bits per heavy atom. The Bertz CT molecular complexity index is 537. The molecule has 0 aromatic carbocycles. The molecule has 0 bridgehead atoms. The largest absolute Gasteiger partial charge is 0.668 e. The zero-order chi connectivity index (χ0) is 14.7. The van der Waals surface area contributed by atoms with Crippen LogP contribution in [0, 0.1) is 0 Å². The van der Waals surface area contributed by atoms with E-state index in [9.17, 15) is 4.79 Å². The van der Waals surface area contributed by atoms with Gasteiger partial charge in [-0.25, -0.2) is 0 Å². The van der Waals surface area contributed by atoms with E-state index in [1.54, 1.807) is 26.4 Å². The normalized spacial score (nSPS) is 8.05. The Morgan fingerprint density at radius 2 is 1.90 bits per heavy atom. The Balaban J connectivity index is -0.000000415. The molecule has 21 heavy (non-hydrogen) atoms. The predicted molar refractivity (Wildman–Crippen MR) is 83.6 cm³/mol. The fourth-order valence-electron chi connectivity index (χ4n) is 1.17. The van der Waals surface area contributed by atoms with E-state index in [-0.39, 0.29) is 52.7 Å². The zero-order valence-corrected chi connectivity index (χ0v) is 16.1. The molecule has 4 radical (unpaired) electrons. The summed E-state index contributed by atoms with van der Waals surface area (Å²) in [6.45, 7) is 6.29. The Hall–Kier alpha value is -0.781. The van der Waals surface area contributed by atoms with Crippen molar-refractivity contribution in [3.8, 4) is 6.01 Å². The molecule has 2 rings (SSSR count). The number of rotatable bonds is 2. The number of aromatic nitrogens is 3. The number of ether oxygens (including phenoxy) is 1. The van der Waals surface area contributed by atoms with Crippen molar-refractivity contribution in [3.63, 3.8) is 0 Å². The fraction of sp³-hybridized carbons (Fsp3) is 0.462. The second-order valence-corrected chi connectivity index (χ2v) is 3.14. The molecule has 0 saturated heterocycles. The van der Waals surface area contributed by atoms with Gasteiger partial charge in [0.25, 0.3) is 11.6 Å². The molecule has 0 saturated carbocycles. The molecule has 112 valence electrons. The summed E-state index contributed by atoms with van der Waals surface area (Å²) in [7, 11) is 3.50. The van der Waals surface area contributed by atoms with E-state index in [1.807, 2.05) is 20.8 Å². The van der Waals surface area contributed by atoms with Gasteiger partial charge in [0.1, 0.15) is 0 Å². The molecule has 8 heteroatoms. The molecule has 0 unspecified atom stereocenters. The van der Waals surface area contributed by atoms with Gasteiger partial charge in [0.15, 0.2) is 0 Å². The average molecular weight is 365 g/mol. The van der Waals surface area contributed by atoms with Crippen molar-refractivity contribution in [2.45, 2.75) is 20.8 Å². The summed E-state index contributed by atoms with van der Waals surface area (Å²) in [6.07, 6.45) is 3.09. The third-order valence-corrected chi connectivity index (χ3v) is 1.77. The predicted octanol–water partition coefficient (Wildman–Crippen LogP) is 1.98. The minimum Gasteiger partial charge on any atom is -0.668 e. The maximum absolute atomic E-state index is 11.5. The molecule has 0 fully saturated rings. The van der Waals surface area contributed by atoms with Crippen LogP contribution in [0.25, 0.3) is 16.2 Å². The number of aromatic amines is 1. The first-order chi connectivity index (χ1) is 9.22. The van der Waals surface area contributed by atoms with Crippen molar-refractivity contribution < 1.29 is 37.4 Å². The van der Waals surface area contributed by atoms with Gasteiger partial charge in [0, 0.05) is 47.3 Å². The average Bonchev–Trinajstić information content (AvgIpc) is 2.42. The van der Waals surface area contributed by atoms with Gasteiger partial charge in [0.2, 0.25) is 0 Å². The minimum atomic E-state index is -0.208. The van der Waals surface area contributed by atoms with Gasteiger partial charge in [-0.05, 0) is 13.0 Å². The molecule has 0 spiro atoms. The number of nitrogens with zero attached hydrogens (tertiary/aromatic N) is 3. The van der Waals surface area contributed by atoms with Gasteiger partial charge in [0.05, 0.1) is 23.7 Å². The number of hydrogen-bond acceptors (Lipinski definition) is 4. The van der Waals surface area contributed by atoms with Gasteiger partial charge in [-0.1, -0.05) is 13.8 Å². The molecule has 6 nitrogen and oxygen atoms in total. The van der Waals surface area contributed by atoms with Gasteiger partial charge in [-0.3, -0.25) is 14.8 Å². The standard InChI is InChI=1S/C9H9N3O2.C2H6N.C2H6.B.Y/c1-2-14-9-11-7-5-10-4-3-6(7)8(13)12-9;1-3-2;1-2;;/h3-5H,2H2,1H3,(H,11,12,13);1-2H3;1-2H3;;/q;-1;;;. The van der Waals surface area contributed by atoms with Crippen molar-refractivity contribution in [2.24, 2.45) is 0 Å². The van der Waals surface area contributed by atoms with Crippen molar-refractivity contribution in [2.75, 3.05) is 20.7 Å². The van der Waals surface area contributed by atoms with Crippen LogP contribution in [0.2, 0.25) is 0 Å². The van der Waals surface area contributed by atoms with Crippen molar-refractivity contribution >= 4 is 19.3 Å². The van der Waals surface area contributed by atoms with Crippen molar-refractivity contribution in [1.82, 2.24) is 15.0 Å². The van der Waals surface area contributed by atoms with Crippen LogP contribution in [0.4, 0.5) is 0 Å². The van der Waals surface area contributed by atoms with E-state index >= 15 is 0 Å². The number of H-pyrrole nitrogens is 1. The van der Waals surface area contributed by atoms with Crippen LogP contribution in [0.5, 0.6) is 6.01 Å². The van der Waals surface area contributed by atoms with Gasteiger partial charge >= 0.3 is 0 Å². The van der Waals surface area contributed by atoms with Crippen LogP contribution < -0.4 is 10.3 Å². The monoisotopic (exact) mass is 365 g/mol. The molecule has 0 aliphatic heterocycles. The second-order valence-electron chi connectivity index (χ2n) is 3.14. The molecule has 2 aromatic rings. The van der Waals surface area contributed by atoms with Crippen LogP contribution in [-0.4, -0.2) is 44.1 Å². The molecular weight excluding hydrogens is 344 g/mol. The summed E-state index contributed by atoms with van der Waals surface area (Å²) in [4.78, 5) is 22.0. The summed E-state index contributed by atoms with van der Waals surface area (Å²) in [5.41, 5.74) is 0.334. The van der Waals surface area contributed by atoms with Crippen LogP contribution in [0.3, 0.4) is 0 Å². The van der Waals surface area contributed by atoms with Gasteiger partial charge in [-0.2, -0.15) is 19.1 Å². The van der Waals surface area contributed by atoms with Crippen LogP contribution >= 0.6 is 0 Å². The van der Waals surface area contributed by atoms with E-state index in [2.05, 4.69) is 20.3 Å². The zero-order valence-electron chi connectivity index (χ0n) is 13.3. The summed E-state index contributed by atoms with van der Waals surface area (Å²) in [5.74, 6) is 0. The van der Waals surface area contributed by atoms with E-state index in [0.717, 1.165) is 0 Å². The topological polar surface area (TPSA) is 82.0 Å². The smallest absolute Gasteiger partial charge is 0.297 e. The molecular formula is C13H21BN4O2Y-. The summed E-state index contributed by atoms with van der Waals surface area (Å²) >= 11 is 0. The fourth-order valence-corrected chi connectivity index (χ4v) is 1.17. The second kappa shape index (κ2) is 15.6. The van der Waals surface area contributed by atoms with Crippen molar-refractivity contribution in [1.29, 1.82) is 0 Å². The summed E-state index contributed by atoms with van der Waals surface area (Å²) in [6, 6.07) is 1.86. The Kier molecular flexibility index (Phi) is 18.7. The molecule has 0 atom stereocenters. The number of hydrogen-bond donors (Lipinski definition) is 1. The maximum atomic E-state index is 11.5. The number of nitrogens with one attached hydrogen (secondary N) is 1. The third kappa shape index (κ3) is 8.96. The Labute approximate surface area is 153 Å². The molecule has 0 aliphatic carbocycles. The molecule has 1 N–H and O–H groups in total. The number of pyridine rings is 1. The van der Waals surface area contributed by atoms with E-state index in [0.29, 0.717) is 17.5 Å².